The van der Waals surface area contributed by atoms with E-state index in [-0.39, 0.29) is 12.0 Å². The number of hydrogen-bond acceptors (Lipinski definition) is 8. The second-order valence-electron chi connectivity index (χ2n) is 10.6. The molecule has 6 rings (SSSR count). The van der Waals surface area contributed by atoms with E-state index in [1.165, 1.54) is 16.2 Å². The van der Waals surface area contributed by atoms with Crippen LogP contribution in [0.3, 0.4) is 0 Å². The maximum Gasteiger partial charge on any atom is 0.440 e. The van der Waals surface area contributed by atoms with Gasteiger partial charge in [0.25, 0.3) is 5.91 Å². The van der Waals surface area contributed by atoms with Gasteiger partial charge in [-0.3, -0.25) is 14.6 Å². The summed E-state index contributed by atoms with van der Waals surface area (Å²) in [6, 6.07) is 26.3. The van der Waals surface area contributed by atoms with E-state index in [0.29, 0.717) is 27.9 Å². The van der Waals surface area contributed by atoms with Gasteiger partial charge in [-0.05, 0) is 86.5 Å². The smallest absolute Gasteiger partial charge is 0.440 e. The maximum absolute atomic E-state index is 15.0. The Bertz CT molecular complexity index is 1950. The lowest BCUT2D eigenvalue weighted by Crippen LogP contribution is -2.36. The number of pyridine rings is 1. The molecule has 12 heteroatoms. The first kappa shape index (κ1) is 31.3. The zero-order valence-electron chi connectivity index (χ0n) is 25.2. The monoisotopic (exact) mass is 653 g/mol. The first-order valence-electron chi connectivity index (χ1n) is 14.8. The van der Waals surface area contributed by atoms with E-state index in [9.17, 15) is 9.59 Å². The molecule has 10 nitrogen and oxygen atoms in total. The highest BCUT2D eigenvalue weighted by Gasteiger charge is 2.37. The molecular weight excluding hydrogens is 621 g/mol. The molecule has 0 radical (unpaired) electrons. The summed E-state index contributed by atoms with van der Waals surface area (Å²) in [6.45, 7) is 1.59. The molecule has 0 saturated heterocycles. The van der Waals surface area contributed by atoms with Gasteiger partial charge >= 0.3 is 13.6 Å². The molecule has 1 aliphatic carbocycles. The number of nitrogens with zero attached hydrogens (tertiary/aromatic N) is 3. The summed E-state index contributed by atoms with van der Waals surface area (Å²) >= 11 is 1.39. The fraction of sp³-hybridized carbons (Fsp3) is 0.176. The average molecular weight is 654 g/mol. The van der Waals surface area contributed by atoms with Gasteiger partial charge in [0.1, 0.15) is 17.9 Å². The number of fused-ring (bicyclic) bond motifs is 1. The minimum atomic E-state index is -4.15. The predicted molar refractivity (Wildman–Crippen MR) is 179 cm³/mol. The van der Waals surface area contributed by atoms with Crippen molar-refractivity contribution in [3.8, 4) is 5.75 Å². The number of nitrogens with one attached hydrogen (secondary N) is 2. The summed E-state index contributed by atoms with van der Waals surface area (Å²) in [7, 11) is -2.56. The highest BCUT2D eigenvalue weighted by Crippen LogP contribution is 2.48. The maximum atomic E-state index is 15.0. The average Bonchev–Trinajstić information content (AvgIpc) is 3.82. The Kier molecular flexibility index (Phi) is 9.35. The van der Waals surface area contributed by atoms with E-state index < -0.39 is 19.7 Å². The highest BCUT2D eigenvalue weighted by molar-refractivity contribution is 7.99. The predicted octanol–water partition coefficient (Wildman–Crippen LogP) is 6.83. The third-order valence-corrected chi connectivity index (χ3v) is 10.1. The molecule has 5 aromatic rings. The third kappa shape index (κ3) is 7.23. The van der Waals surface area contributed by atoms with Crippen molar-refractivity contribution < 1.29 is 23.4 Å². The van der Waals surface area contributed by atoms with E-state index in [1.807, 2.05) is 66.7 Å². The Labute approximate surface area is 270 Å². The number of para-hydroxylation sites is 1. The SMILES string of the molecule is CNC(=O)c1ccccc1Sc1ccc2c(/C=C/c3ccccn3)nn(P(=O)(N[C@@H](C)C(=O)OC3CC3)Oc3ccccc3)c2c1. The number of benzene rings is 3. The zero-order valence-corrected chi connectivity index (χ0v) is 26.9. The molecule has 46 heavy (non-hydrogen) atoms. The van der Waals surface area contributed by atoms with E-state index in [4.69, 9.17) is 14.4 Å². The van der Waals surface area contributed by atoms with Crippen LogP contribution in [0.2, 0.25) is 0 Å². The van der Waals surface area contributed by atoms with Gasteiger partial charge in [-0.25, -0.2) is 9.65 Å². The topological polar surface area (TPSA) is 124 Å². The van der Waals surface area contributed by atoms with Crippen molar-refractivity contribution in [3.63, 3.8) is 0 Å². The van der Waals surface area contributed by atoms with E-state index in [2.05, 4.69) is 15.4 Å². The summed E-state index contributed by atoms with van der Waals surface area (Å²) < 4.78 is 28.0. The molecular formula is C34H32N5O5PS. The minimum Gasteiger partial charge on any atom is -0.461 e. The van der Waals surface area contributed by atoms with Crippen molar-refractivity contribution in [2.75, 3.05) is 7.05 Å². The lowest BCUT2D eigenvalue weighted by molar-refractivity contribution is -0.146. The van der Waals surface area contributed by atoms with Gasteiger partial charge in [-0.15, -0.1) is 0 Å². The Hall–Kier alpha value is -4.70. The van der Waals surface area contributed by atoms with Crippen molar-refractivity contribution in [1.29, 1.82) is 0 Å². The van der Waals surface area contributed by atoms with E-state index in [1.54, 1.807) is 56.6 Å². The van der Waals surface area contributed by atoms with Crippen LogP contribution in [-0.4, -0.2) is 45.6 Å². The van der Waals surface area contributed by atoms with Gasteiger partial charge in [0.15, 0.2) is 0 Å². The first-order chi connectivity index (χ1) is 22.3. The van der Waals surface area contributed by atoms with Crippen molar-refractivity contribution >= 4 is 54.4 Å². The Morgan fingerprint density at radius 3 is 2.50 bits per heavy atom. The first-order valence-corrected chi connectivity index (χ1v) is 17.2. The van der Waals surface area contributed by atoms with Crippen LogP contribution in [-0.2, 0) is 14.1 Å². The standard InChI is InChI=1S/C34H32N5O5PS/c1-23(34(41)43-25-16-17-25)38-45(42,44-26-11-4-3-5-12-26)39-31-22-27(46-32-14-7-6-13-29(32)33(40)35-2)18-19-28(31)30(37-39)20-15-24-10-8-9-21-36-24/h3-15,18-23,25H,16-17H2,1-2H3,(H,35,40)(H,38,42)/b20-15+/t23-,45?/m0/s1. The van der Waals surface area contributed by atoms with Crippen LogP contribution in [0.15, 0.2) is 107 Å². The number of amides is 1. The largest absolute Gasteiger partial charge is 0.461 e. The van der Waals surface area contributed by atoms with Gasteiger partial charge in [0.05, 0.1) is 22.5 Å². The van der Waals surface area contributed by atoms with Gasteiger partial charge < -0.3 is 14.6 Å². The zero-order chi connectivity index (χ0) is 32.1. The molecule has 1 saturated carbocycles. The van der Waals surface area contributed by atoms with Crippen LogP contribution in [0.4, 0.5) is 0 Å². The molecule has 0 aliphatic heterocycles. The molecule has 234 valence electrons. The number of carbonyl (C=O) groups is 2. The van der Waals surface area contributed by atoms with Gasteiger partial charge in [0, 0.05) is 28.4 Å². The van der Waals surface area contributed by atoms with Crippen molar-refractivity contribution in [3.05, 3.63) is 114 Å². The molecule has 0 bridgehead atoms. The molecule has 3 aromatic carbocycles. The van der Waals surface area contributed by atoms with Crippen molar-refractivity contribution in [2.45, 2.75) is 41.7 Å². The van der Waals surface area contributed by atoms with Gasteiger partial charge in [0.2, 0.25) is 0 Å². The quantitative estimate of drug-likeness (QED) is 0.110. The van der Waals surface area contributed by atoms with Crippen molar-refractivity contribution in [2.24, 2.45) is 0 Å². The summed E-state index contributed by atoms with van der Waals surface area (Å²) in [5.41, 5.74) is 2.28. The second kappa shape index (κ2) is 13.7. The van der Waals surface area contributed by atoms with E-state index >= 15 is 4.57 Å². The highest BCUT2D eigenvalue weighted by atomic mass is 32.2. The number of esters is 1. The van der Waals surface area contributed by atoms with Crippen LogP contribution in [0.1, 0.15) is 41.5 Å². The molecule has 1 aliphatic rings. The number of aromatic nitrogens is 3. The normalized spacial score (nSPS) is 14.9. The van der Waals surface area contributed by atoms with Crippen LogP contribution in [0.5, 0.6) is 5.75 Å². The third-order valence-electron chi connectivity index (χ3n) is 7.09. The van der Waals surface area contributed by atoms with Crippen molar-refractivity contribution in [1.82, 2.24) is 24.9 Å². The lowest BCUT2D eigenvalue weighted by Gasteiger charge is -2.24. The van der Waals surface area contributed by atoms with Crippen LogP contribution in [0, 0.1) is 0 Å². The Morgan fingerprint density at radius 2 is 1.76 bits per heavy atom. The Morgan fingerprint density at radius 1 is 1.00 bits per heavy atom. The second-order valence-corrected chi connectivity index (χ2v) is 13.6. The molecule has 1 amide bonds. The van der Waals surface area contributed by atoms with Crippen LogP contribution < -0.4 is 14.9 Å². The molecule has 2 aromatic heterocycles. The number of carbonyl (C=O) groups excluding carboxylic acids is 2. The van der Waals surface area contributed by atoms with Gasteiger partial charge in [-0.2, -0.15) is 9.55 Å². The number of ether oxygens (including phenoxy) is 1. The number of hydrogen-bond donors (Lipinski definition) is 2. The van der Waals surface area contributed by atoms with Crippen LogP contribution >= 0.6 is 19.4 Å². The molecule has 2 heterocycles. The Balaban J connectivity index is 1.46. The van der Waals surface area contributed by atoms with E-state index in [0.717, 1.165) is 28.3 Å². The molecule has 2 atom stereocenters. The lowest BCUT2D eigenvalue weighted by atomic mass is 10.2. The fourth-order valence-corrected chi connectivity index (χ4v) is 7.51. The molecule has 1 fully saturated rings. The molecule has 1 unspecified atom stereocenters. The fourth-order valence-electron chi connectivity index (χ4n) is 4.63. The molecule has 0 spiro atoms. The molecule has 2 N–H and O–H groups in total. The number of rotatable bonds is 12. The minimum absolute atomic E-state index is 0.114. The summed E-state index contributed by atoms with van der Waals surface area (Å²) in [5, 5.41) is 11.1. The summed E-state index contributed by atoms with van der Waals surface area (Å²) in [6.07, 6.45) is 6.83. The van der Waals surface area contributed by atoms with Crippen LogP contribution in [0.25, 0.3) is 23.1 Å². The summed E-state index contributed by atoms with van der Waals surface area (Å²) in [4.78, 5) is 31.4. The van der Waals surface area contributed by atoms with Gasteiger partial charge in [-0.1, -0.05) is 48.2 Å². The summed E-state index contributed by atoms with van der Waals surface area (Å²) in [5.74, 6) is -0.387.